The first-order valence-corrected chi connectivity index (χ1v) is 6.46. The lowest BCUT2D eigenvalue weighted by Gasteiger charge is -2.23. The third-order valence-electron chi connectivity index (χ3n) is 4.21. The fourth-order valence-corrected chi connectivity index (χ4v) is 2.93. The van der Waals surface area contributed by atoms with Crippen molar-refractivity contribution in [3.8, 4) is 0 Å². The van der Waals surface area contributed by atoms with Crippen LogP contribution in [0.5, 0.6) is 0 Å². The molecule has 1 aliphatic carbocycles. The zero-order valence-electron chi connectivity index (χ0n) is 10.4. The van der Waals surface area contributed by atoms with E-state index >= 15 is 0 Å². The predicted molar refractivity (Wildman–Crippen MR) is 63.4 cm³/mol. The maximum Gasteiger partial charge on any atom is 0.224 e. The molecule has 2 heterocycles. The summed E-state index contributed by atoms with van der Waals surface area (Å²) < 4.78 is 0. The maximum absolute atomic E-state index is 12.2. The molecule has 1 aromatic heterocycles. The fraction of sp³-hybridized carbons (Fsp3) is 0.818. The Bertz CT molecular complexity index is 425. The Morgan fingerprint density at radius 3 is 2.94 bits per heavy atom. The first kappa shape index (κ1) is 11.6. The highest BCUT2D eigenvalue weighted by Crippen LogP contribution is 2.58. The lowest BCUT2D eigenvalue weighted by atomic mass is 9.91. The van der Waals surface area contributed by atoms with E-state index in [0.717, 1.165) is 32.4 Å². The standard InChI is InChI=1S/C11H18N6O/c1-7(9-14-16-17-15-9)13-10(18)8-6-11(8)2-4-12-5-3-11/h7-8,12H,2-6H2,1H3,(H,13,18)(H,14,15,16,17). The maximum atomic E-state index is 12.2. The van der Waals surface area contributed by atoms with Crippen molar-refractivity contribution >= 4 is 5.91 Å². The average molecular weight is 250 g/mol. The van der Waals surface area contributed by atoms with Gasteiger partial charge in [-0.05, 0) is 44.7 Å². The van der Waals surface area contributed by atoms with Crippen molar-refractivity contribution in [2.24, 2.45) is 11.3 Å². The number of nitrogens with zero attached hydrogens (tertiary/aromatic N) is 3. The average Bonchev–Trinajstić information content (AvgIpc) is 2.84. The number of aromatic amines is 1. The van der Waals surface area contributed by atoms with Gasteiger partial charge >= 0.3 is 0 Å². The molecule has 2 fully saturated rings. The van der Waals surface area contributed by atoms with Crippen LogP contribution in [0.25, 0.3) is 0 Å². The second-order valence-corrected chi connectivity index (χ2v) is 5.37. The molecule has 0 radical (unpaired) electrons. The second-order valence-electron chi connectivity index (χ2n) is 5.37. The zero-order chi connectivity index (χ0) is 12.6. The van der Waals surface area contributed by atoms with Crippen molar-refractivity contribution in [2.75, 3.05) is 13.1 Å². The van der Waals surface area contributed by atoms with Crippen molar-refractivity contribution in [3.05, 3.63) is 5.82 Å². The Kier molecular flexibility index (Phi) is 2.77. The molecule has 7 nitrogen and oxygen atoms in total. The molecule has 0 aromatic carbocycles. The summed E-state index contributed by atoms with van der Waals surface area (Å²) in [7, 11) is 0. The third kappa shape index (κ3) is 1.98. The van der Waals surface area contributed by atoms with E-state index in [1.165, 1.54) is 0 Å². The summed E-state index contributed by atoms with van der Waals surface area (Å²) in [5.74, 6) is 0.839. The Morgan fingerprint density at radius 2 is 2.28 bits per heavy atom. The van der Waals surface area contributed by atoms with Crippen LogP contribution in [0.15, 0.2) is 0 Å². The van der Waals surface area contributed by atoms with E-state index in [4.69, 9.17) is 0 Å². The highest BCUT2D eigenvalue weighted by molar-refractivity contribution is 5.82. The van der Waals surface area contributed by atoms with Crippen LogP contribution in [-0.4, -0.2) is 39.6 Å². The number of hydrogen-bond acceptors (Lipinski definition) is 5. The topological polar surface area (TPSA) is 95.6 Å². The molecule has 2 unspecified atom stereocenters. The highest BCUT2D eigenvalue weighted by atomic mass is 16.2. The van der Waals surface area contributed by atoms with Crippen LogP contribution in [-0.2, 0) is 4.79 Å². The Morgan fingerprint density at radius 1 is 1.50 bits per heavy atom. The normalized spacial score (nSPS) is 26.8. The molecule has 7 heteroatoms. The molecule has 1 spiro atoms. The monoisotopic (exact) mass is 250 g/mol. The van der Waals surface area contributed by atoms with Gasteiger partial charge in [0.2, 0.25) is 5.91 Å². The minimum absolute atomic E-state index is 0.134. The molecule has 2 atom stereocenters. The first-order chi connectivity index (χ1) is 8.71. The van der Waals surface area contributed by atoms with Gasteiger partial charge in [0.05, 0.1) is 6.04 Å². The Balaban J connectivity index is 1.57. The number of nitrogens with one attached hydrogen (secondary N) is 3. The van der Waals surface area contributed by atoms with E-state index in [-0.39, 0.29) is 23.3 Å². The first-order valence-electron chi connectivity index (χ1n) is 6.46. The number of tetrazole rings is 1. The van der Waals surface area contributed by atoms with Gasteiger partial charge in [-0.15, -0.1) is 10.2 Å². The molecular formula is C11H18N6O. The number of hydrogen-bond donors (Lipinski definition) is 3. The lowest BCUT2D eigenvalue weighted by molar-refractivity contribution is -0.124. The number of amides is 1. The van der Waals surface area contributed by atoms with E-state index in [0.29, 0.717) is 5.82 Å². The molecule has 1 aliphatic heterocycles. The van der Waals surface area contributed by atoms with Gasteiger partial charge in [-0.25, -0.2) is 0 Å². The quantitative estimate of drug-likeness (QED) is 0.688. The van der Waals surface area contributed by atoms with Crippen LogP contribution < -0.4 is 10.6 Å². The number of H-pyrrole nitrogens is 1. The van der Waals surface area contributed by atoms with Crippen LogP contribution in [0, 0.1) is 11.3 Å². The number of carbonyl (C=O) groups excluding carboxylic acids is 1. The summed E-state index contributed by atoms with van der Waals surface area (Å²) in [6, 6.07) is -0.185. The van der Waals surface area contributed by atoms with E-state index in [9.17, 15) is 4.79 Å². The van der Waals surface area contributed by atoms with Crippen LogP contribution in [0.2, 0.25) is 0 Å². The van der Waals surface area contributed by atoms with Crippen molar-refractivity contribution in [1.29, 1.82) is 0 Å². The van der Waals surface area contributed by atoms with Crippen molar-refractivity contribution < 1.29 is 4.79 Å². The fourth-order valence-electron chi connectivity index (χ4n) is 2.93. The van der Waals surface area contributed by atoms with Gasteiger partial charge in [0, 0.05) is 5.92 Å². The van der Waals surface area contributed by atoms with Gasteiger partial charge in [-0.2, -0.15) is 5.21 Å². The number of rotatable bonds is 3. The van der Waals surface area contributed by atoms with Crippen LogP contribution in [0.3, 0.4) is 0 Å². The molecule has 98 valence electrons. The van der Waals surface area contributed by atoms with Crippen molar-refractivity contribution in [2.45, 2.75) is 32.2 Å². The van der Waals surface area contributed by atoms with Crippen LogP contribution >= 0.6 is 0 Å². The number of carbonyl (C=O) groups is 1. The largest absolute Gasteiger partial charge is 0.346 e. The minimum atomic E-state index is -0.185. The summed E-state index contributed by atoms with van der Waals surface area (Å²) >= 11 is 0. The molecule has 1 saturated carbocycles. The van der Waals surface area contributed by atoms with Gasteiger partial charge in [0.25, 0.3) is 0 Å². The van der Waals surface area contributed by atoms with Crippen molar-refractivity contribution in [3.63, 3.8) is 0 Å². The van der Waals surface area contributed by atoms with Crippen LogP contribution in [0.4, 0.5) is 0 Å². The summed E-state index contributed by atoms with van der Waals surface area (Å²) in [5.41, 5.74) is 0.270. The second kappa shape index (κ2) is 4.31. The molecule has 2 aliphatic rings. The number of aromatic nitrogens is 4. The van der Waals surface area contributed by atoms with Gasteiger partial charge < -0.3 is 10.6 Å². The molecule has 18 heavy (non-hydrogen) atoms. The molecular weight excluding hydrogens is 232 g/mol. The van der Waals surface area contributed by atoms with Gasteiger partial charge in [0.1, 0.15) is 0 Å². The highest BCUT2D eigenvalue weighted by Gasteiger charge is 2.57. The molecule has 3 N–H and O–H groups in total. The van der Waals surface area contributed by atoms with E-state index in [2.05, 4.69) is 31.3 Å². The Labute approximate surface area is 105 Å². The van der Waals surface area contributed by atoms with Gasteiger partial charge in [-0.1, -0.05) is 5.21 Å². The van der Waals surface area contributed by atoms with E-state index < -0.39 is 0 Å². The summed E-state index contributed by atoms with van der Waals surface area (Å²) in [4.78, 5) is 12.2. The molecule has 0 bridgehead atoms. The smallest absolute Gasteiger partial charge is 0.224 e. The molecule has 1 amide bonds. The third-order valence-corrected chi connectivity index (χ3v) is 4.21. The summed E-state index contributed by atoms with van der Waals surface area (Å²) in [6.45, 7) is 3.94. The summed E-state index contributed by atoms with van der Waals surface area (Å²) in [6.07, 6.45) is 3.25. The molecule has 1 saturated heterocycles. The summed E-state index contributed by atoms with van der Waals surface area (Å²) in [5, 5.41) is 20.0. The Hall–Kier alpha value is -1.50. The van der Waals surface area contributed by atoms with Crippen molar-refractivity contribution in [1.82, 2.24) is 31.3 Å². The van der Waals surface area contributed by atoms with Crippen LogP contribution in [0.1, 0.15) is 38.1 Å². The predicted octanol–water partition coefficient (Wildman–Crippen LogP) is -0.233. The van der Waals surface area contributed by atoms with E-state index in [1.54, 1.807) is 0 Å². The SMILES string of the molecule is CC(NC(=O)C1CC12CCNCC2)c1nn[nH]n1. The minimum Gasteiger partial charge on any atom is -0.346 e. The van der Waals surface area contributed by atoms with Gasteiger partial charge in [0.15, 0.2) is 5.82 Å². The zero-order valence-corrected chi connectivity index (χ0v) is 10.4. The van der Waals surface area contributed by atoms with Gasteiger partial charge in [-0.3, -0.25) is 4.79 Å². The lowest BCUT2D eigenvalue weighted by Crippen LogP contribution is -2.34. The number of piperidine rings is 1. The molecule has 3 rings (SSSR count). The molecule has 1 aromatic rings. The van der Waals surface area contributed by atoms with E-state index in [1.807, 2.05) is 6.92 Å².